The lowest BCUT2D eigenvalue weighted by Crippen LogP contribution is -2.58. The van der Waals surface area contributed by atoms with Gasteiger partial charge in [-0.15, -0.1) is 0 Å². The zero-order chi connectivity index (χ0) is 30.5. The smallest absolute Gasteiger partial charge is 0.408 e. The summed E-state index contributed by atoms with van der Waals surface area (Å²) in [5.74, 6) is -2.63. The van der Waals surface area contributed by atoms with E-state index in [1.807, 2.05) is 0 Å². The third kappa shape index (κ3) is 7.38. The highest BCUT2D eigenvalue weighted by atomic mass is 16.6. The third-order valence-corrected chi connectivity index (χ3v) is 6.10. The van der Waals surface area contributed by atoms with Gasteiger partial charge < -0.3 is 25.8 Å². The van der Waals surface area contributed by atoms with E-state index in [1.54, 1.807) is 51.1 Å². The largest absolute Gasteiger partial charge is 0.458 e. The predicted molar refractivity (Wildman–Crippen MR) is 147 cm³/mol. The molecule has 218 valence electrons. The van der Waals surface area contributed by atoms with E-state index in [-0.39, 0.29) is 12.4 Å². The number of hydrogen-bond acceptors (Lipinski definition) is 8. The van der Waals surface area contributed by atoms with Crippen LogP contribution >= 0.6 is 0 Å². The Kier molecular flexibility index (Phi) is 9.00. The number of nitrogens with one attached hydrogen (secondary N) is 3. The monoisotopic (exact) mass is 566 g/mol. The summed E-state index contributed by atoms with van der Waals surface area (Å²) in [4.78, 5) is 65.2. The topological polar surface area (TPSA) is 184 Å². The van der Waals surface area contributed by atoms with E-state index in [1.165, 1.54) is 31.2 Å². The first-order valence-corrected chi connectivity index (χ1v) is 12.7. The Balaban J connectivity index is 1.85. The summed E-state index contributed by atoms with van der Waals surface area (Å²) in [6, 6.07) is 12.5. The quantitative estimate of drug-likeness (QED) is 0.154. The number of alkyl carbamates (subject to hydrolysis) is 1. The molecule has 5 N–H and O–H groups in total. The van der Waals surface area contributed by atoms with Crippen molar-refractivity contribution >= 4 is 35.7 Å². The first-order chi connectivity index (χ1) is 19.1. The van der Waals surface area contributed by atoms with E-state index in [0.717, 1.165) is 11.9 Å². The normalized spacial score (nSPS) is 17.3. The molecular weight excluding hydrogens is 532 g/mol. The summed E-state index contributed by atoms with van der Waals surface area (Å²) in [5, 5.41) is 13.9. The van der Waals surface area contributed by atoms with Crippen molar-refractivity contribution in [1.29, 1.82) is 5.41 Å². The van der Waals surface area contributed by atoms with E-state index in [2.05, 4.69) is 10.6 Å². The fraction of sp³-hybridized carbons (Fsp3) is 0.357. The van der Waals surface area contributed by atoms with Crippen molar-refractivity contribution in [2.75, 3.05) is 6.54 Å². The number of nitrogen functional groups attached to an aromatic ring is 1. The van der Waals surface area contributed by atoms with Gasteiger partial charge in [-0.25, -0.2) is 19.4 Å². The van der Waals surface area contributed by atoms with Crippen molar-refractivity contribution in [1.82, 2.24) is 20.7 Å². The van der Waals surface area contributed by atoms with Gasteiger partial charge in [0, 0.05) is 12.5 Å². The van der Waals surface area contributed by atoms with E-state index in [0.29, 0.717) is 21.7 Å². The van der Waals surface area contributed by atoms with Gasteiger partial charge in [0.25, 0.3) is 5.91 Å². The molecule has 2 aromatic rings. The Morgan fingerprint density at radius 1 is 1.10 bits per heavy atom. The maximum absolute atomic E-state index is 13.6. The lowest BCUT2D eigenvalue weighted by atomic mass is 9.91. The molecule has 0 bridgehead atoms. The molecule has 5 amide bonds. The van der Waals surface area contributed by atoms with Crippen molar-refractivity contribution in [3.05, 3.63) is 71.3 Å². The maximum Gasteiger partial charge on any atom is 0.408 e. The lowest BCUT2D eigenvalue weighted by Gasteiger charge is -2.32. The molecule has 2 unspecified atom stereocenters. The summed E-state index contributed by atoms with van der Waals surface area (Å²) in [6.07, 6.45) is -0.971. The molecule has 2 atom stereocenters. The van der Waals surface area contributed by atoms with Crippen LogP contribution in [0, 0.1) is 5.41 Å². The fourth-order valence-electron chi connectivity index (χ4n) is 4.01. The molecule has 0 spiro atoms. The number of nitrogens with zero attached hydrogens (tertiary/aromatic N) is 2. The van der Waals surface area contributed by atoms with Crippen LogP contribution in [0.5, 0.6) is 0 Å². The second-order valence-corrected chi connectivity index (χ2v) is 10.6. The average molecular weight is 567 g/mol. The van der Waals surface area contributed by atoms with Gasteiger partial charge in [0.2, 0.25) is 5.91 Å². The molecule has 13 heteroatoms. The minimum absolute atomic E-state index is 0.0854. The predicted octanol–water partition coefficient (Wildman–Crippen LogP) is 2.14. The number of urea groups is 1. The van der Waals surface area contributed by atoms with Crippen LogP contribution < -0.4 is 16.4 Å². The number of amides is 5. The summed E-state index contributed by atoms with van der Waals surface area (Å²) < 4.78 is 10.6. The Morgan fingerprint density at radius 2 is 1.71 bits per heavy atom. The summed E-state index contributed by atoms with van der Waals surface area (Å²) in [6.45, 7) is 6.74. The lowest BCUT2D eigenvalue weighted by molar-refractivity contribution is -0.164. The van der Waals surface area contributed by atoms with Gasteiger partial charge in [0.1, 0.15) is 29.6 Å². The Morgan fingerprint density at radius 3 is 2.24 bits per heavy atom. The molecule has 0 saturated carbocycles. The van der Waals surface area contributed by atoms with E-state index >= 15 is 0 Å². The molecule has 1 saturated heterocycles. The van der Waals surface area contributed by atoms with Crippen molar-refractivity contribution in [2.45, 2.75) is 58.4 Å². The molecule has 13 nitrogen and oxygen atoms in total. The third-order valence-electron chi connectivity index (χ3n) is 6.10. The second kappa shape index (κ2) is 12.1. The maximum atomic E-state index is 13.6. The van der Waals surface area contributed by atoms with Crippen LogP contribution in [0.2, 0.25) is 0 Å². The Labute approximate surface area is 237 Å². The number of nitrogens with two attached hydrogens (primary N) is 1. The standard InChI is InChI=1S/C28H34N6O7/c1-17(35)33(34-24(37)28(5,32-25(34)38)20-13-11-19(12-14-20)22(29)30)15-21(23(36)41-27(2,3)4)31-26(39)40-16-18-9-7-6-8-10-18/h6-14,21H,15-16H2,1-5H3,(H3,29,30)(H,31,39)(H,32,38). The zero-order valence-corrected chi connectivity index (χ0v) is 23.5. The first kappa shape index (κ1) is 30.6. The molecule has 1 aliphatic heterocycles. The molecule has 0 radical (unpaired) electrons. The van der Waals surface area contributed by atoms with Gasteiger partial charge in [-0.1, -0.05) is 54.6 Å². The molecule has 0 aliphatic carbocycles. The number of ether oxygens (including phenoxy) is 2. The van der Waals surface area contributed by atoms with Crippen molar-refractivity contribution in [3.8, 4) is 0 Å². The van der Waals surface area contributed by atoms with Crippen molar-refractivity contribution in [2.24, 2.45) is 5.73 Å². The zero-order valence-electron chi connectivity index (χ0n) is 23.5. The van der Waals surface area contributed by atoms with Crippen LogP contribution in [0.1, 0.15) is 51.3 Å². The van der Waals surface area contributed by atoms with Crippen LogP contribution in [-0.2, 0) is 36.0 Å². The van der Waals surface area contributed by atoms with E-state index < -0.39 is 53.6 Å². The highest BCUT2D eigenvalue weighted by Crippen LogP contribution is 2.30. The molecule has 1 heterocycles. The number of amidine groups is 1. The number of esters is 1. The fourth-order valence-corrected chi connectivity index (χ4v) is 4.01. The van der Waals surface area contributed by atoms with Crippen LogP contribution in [0.4, 0.5) is 9.59 Å². The second-order valence-electron chi connectivity index (χ2n) is 10.6. The van der Waals surface area contributed by atoms with Crippen molar-refractivity contribution < 1.29 is 33.4 Å². The van der Waals surface area contributed by atoms with Gasteiger partial charge in [-0.3, -0.25) is 15.0 Å². The highest BCUT2D eigenvalue weighted by Gasteiger charge is 2.52. The summed E-state index contributed by atoms with van der Waals surface area (Å²) >= 11 is 0. The molecule has 2 aromatic carbocycles. The molecule has 0 aromatic heterocycles. The molecule has 1 aliphatic rings. The number of carbonyl (C=O) groups is 5. The number of rotatable bonds is 9. The Hall–Kier alpha value is -4.94. The summed E-state index contributed by atoms with van der Waals surface area (Å²) in [5.41, 5.74) is 4.47. The van der Waals surface area contributed by atoms with Crippen molar-refractivity contribution in [3.63, 3.8) is 0 Å². The number of hydrogen-bond donors (Lipinski definition) is 4. The molecular formula is C28H34N6O7. The van der Waals surface area contributed by atoms with Gasteiger partial charge in [0.05, 0.1) is 6.54 Å². The number of carbonyl (C=O) groups excluding carboxylic acids is 5. The molecule has 41 heavy (non-hydrogen) atoms. The van der Waals surface area contributed by atoms with Crippen LogP contribution in [0.15, 0.2) is 54.6 Å². The highest BCUT2D eigenvalue weighted by molar-refractivity contribution is 6.08. The summed E-state index contributed by atoms with van der Waals surface area (Å²) in [7, 11) is 0. The van der Waals surface area contributed by atoms with Crippen LogP contribution in [-0.4, -0.2) is 63.9 Å². The number of hydrazine groups is 1. The Bertz CT molecular complexity index is 1340. The molecule has 3 rings (SSSR count). The first-order valence-electron chi connectivity index (χ1n) is 12.7. The number of benzene rings is 2. The van der Waals surface area contributed by atoms with Gasteiger partial charge >= 0.3 is 18.1 Å². The minimum Gasteiger partial charge on any atom is -0.458 e. The van der Waals surface area contributed by atoms with Crippen LogP contribution in [0.25, 0.3) is 0 Å². The van der Waals surface area contributed by atoms with Gasteiger partial charge in [0.15, 0.2) is 0 Å². The van der Waals surface area contributed by atoms with Gasteiger partial charge in [-0.2, -0.15) is 5.01 Å². The average Bonchev–Trinajstić information content (AvgIpc) is 3.13. The SMILES string of the molecule is CC(=O)N(CC(NC(=O)OCc1ccccc1)C(=O)OC(C)(C)C)N1C(=O)NC(C)(c2ccc(C(=N)N)cc2)C1=O. The van der Waals surface area contributed by atoms with Crippen LogP contribution in [0.3, 0.4) is 0 Å². The van der Waals surface area contributed by atoms with E-state index in [9.17, 15) is 24.0 Å². The minimum atomic E-state index is -1.58. The van der Waals surface area contributed by atoms with E-state index in [4.69, 9.17) is 20.6 Å². The number of imide groups is 1. The molecule has 1 fully saturated rings. The van der Waals surface area contributed by atoms with Gasteiger partial charge in [-0.05, 0) is 38.8 Å².